The summed E-state index contributed by atoms with van der Waals surface area (Å²) in [5.41, 5.74) is 7.31. The number of nitrogen functional groups attached to an aromatic ring is 1. The van der Waals surface area contributed by atoms with Crippen molar-refractivity contribution in [3.8, 4) is 0 Å². The van der Waals surface area contributed by atoms with E-state index >= 15 is 0 Å². The maximum atomic E-state index is 12.4. The molecule has 0 spiro atoms. The third-order valence-corrected chi connectivity index (χ3v) is 7.08. The lowest BCUT2D eigenvalue weighted by atomic mass is 10.2. The molecule has 0 radical (unpaired) electrons. The Balaban J connectivity index is 1.30. The second-order valence-corrected chi connectivity index (χ2v) is 10.3. The molecule has 41 heavy (non-hydrogen) atoms. The van der Waals surface area contributed by atoms with Gasteiger partial charge in [0.2, 0.25) is 11.8 Å². The molecule has 1 fully saturated rings. The van der Waals surface area contributed by atoms with Crippen LogP contribution in [0.25, 0.3) is 11.0 Å². The number of fused-ring (bicyclic) bond motifs is 1. The van der Waals surface area contributed by atoms with E-state index < -0.39 is 18.4 Å². The molecule has 14 heteroatoms. The molecule has 0 bridgehead atoms. The summed E-state index contributed by atoms with van der Waals surface area (Å²) in [5.74, 6) is 0.629. The van der Waals surface area contributed by atoms with Crippen LogP contribution in [-0.2, 0) is 30.3 Å². The van der Waals surface area contributed by atoms with Crippen molar-refractivity contribution in [3.05, 3.63) is 18.1 Å². The summed E-state index contributed by atoms with van der Waals surface area (Å²) in [7, 11) is 0. The quantitative estimate of drug-likeness (QED) is 0.110. The zero-order chi connectivity index (χ0) is 29.5. The zero-order valence-corrected chi connectivity index (χ0v) is 24.2. The van der Waals surface area contributed by atoms with Gasteiger partial charge in [-0.25, -0.2) is 9.97 Å². The fourth-order valence-electron chi connectivity index (χ4n) is 4.61. The highest BCUT2D eigenvalue weighted by atomic mass is 35.5. The number of carbonyl (C=O) groups excluding carboxylic acids is 2. The van der Waals surface area contributed by atoms with E-state index in [1.807, 2.05) is 0 Å². The zero-order valence-electron chi connectivity index (χ0n) is 23.4. The van der Waals surface area contributed by atoms with Crippen LogP contribution in [0.15, 0.2) is 12.5 Å². The van der Waals surface area contributed by atoms with Crippen molar-refractivity contribution in [1.82, 2.24) is 25.2 Å². The lowest BCUT2D eigenvalue weighted by Crippen LogP contribution is -2.28. The Morgan fingerprint density at radius 2 is 1.78 bits per heavy atom. The highest BCUT2D eigenvalue weighted by molar-refractivity contribution is 6.17. The third kappa shape index (κ3) is 10.7. The van der Waals surface area contributed by atoms with Gasteiger partial charge in [-0.05, 0) is 19.3 Å². The van der Waals surface area contributed by atoms with Crippen molar-refractivity contribution in [1.29, 1.82) is 0 Å². The molecule has 3 heterocycles. The van der Waals surface area contributed by atoms with Gasteiger partial charge < -0.3 is 45.4 Å². The van der Waals surface area contributed by atoms with E-state index in [1.165, 1.54) is 6.33 Å². The Hall–Kier alpha value is -2.55. The van der Waals surface area contributed by atoms with E-state index in [0.29, 0.717) is 61.9 Å². The average Bonchev–Trinajstić information content (AvgIpc) is 3.53. The number of unbranched alkanes of at least 4 members (excludes halogenated alkanes) is 3. The molecule has 2 aromatic heterocycles. The molecule has 0 aromatic carbocycles. The second kappa shape index (κ2) is 18.1. The second-order valence-electron chi connectivity index (χ2n) is 9.94. The molecule has 3 rings (SSSR count). The summed E-state index contributed by atoms with van der Waals surface area (Å²) in [6, 6.07) is 0. The number of ether oxygens (including phenoxy) is 3. The number of aromatic nitrogens is 3. The van der Waals surface area contributed by atoms with Crippen LogP contribution in [-0.4, -0.2) is 94.2 Å². The molecule has 2 amide bonds. The minimum Gasteiger partial charge on any atom is -0.394 e. The van der Waals surface area contributed by atoms with Crippen LogP contribution < -0.4 is 16.4 Å². The maximum Gasteiger partial charge on any atom is 0.220 e. The number of hydrogen-bond donors (Lipinski definition) is 5. The molecule has 2 aromatic rings. The number of aliphatic hydroxyl groups excluding tert-OH is 2. The third-order valence-electron chi connectivity index (χ3n) is 6.81. The minimum atomic E-state index is -0.805. The Morgan fingerprint density at radius 1 is 1.05 bits per heavy atom. The first kappa shape index (κ1) is 33.0. The average molecular weight is 599 g/mol. The number of nitrogens with two attached hydrogens (primary N) is 1. The van der Waals surface area contributed by atoms with Crippen molar-refractivity contribution in [3.63, 3.8) is 0 Å². The topological polar surface area (TPSA) is 183 Å². The number of alkyl halides is 1. The number of hydrogen-bond acceptors (Lipinski definition) is 10. The Morgan fingerprint density at radius 3 is 2.51 bits per heavy atom. The van der Waals surface area contributed by atoms with Gasteiger partial charge in [0.15, 0.2) is 0 Å². The molecule has 1 aliphatic rings. The number of anilines is 1. The smallest absolute Gasteiger partial charge is 0.220 e. The van der Waals surface area contributed by atoms with Gasteiger partial charge >= 0.3 is 0 Å². The number of aliphatic hydroxyl groups is 2. The van der Waals surface area contributed by atoms with Gasteiger partial charge in [-0.3, -0.25) is 9.59 Å². The summed E-state index contributed by atoms with van der Waals surface area (Å²) in [5, 5.41) is 25.8. The van der Waals surface area contributed by atoms with Gasteiger partial charge in [0.1, 0.15) is 30.1 Å². The molecular formula is C27H43ClN6O7. The predicted molar refractivity (Wildman–Crippen MR) is 153 cm³/mol. The molecule has 0 saturated carbocycles. The first-order chi connectivity index (χ1) is 19.9. The van der Waals surface area contributed by atoms with Crippen LogP contribution >= 0.6 is 11.6 Å². The van der Waals surface area contributed by atoms with Crippen LogP contribution in [0.1, 0.15) is 63.2 Å². The highest BCUT2D eigenvalue weighted by Crippen LogP contribution is 2.34. The van der Waals surface area contributed by atoms with E-state index in [2.05, 4.69) is 20.6 Å². The first-order valence-electron chi connectivity index (χ1n) is 14.2. The SMILES string of the molecule is Nc1ncnc2c1c(CNC(=O)CCCC(=O)NCCOCCOCCCCCCCl)cn2[C@H]1CC(O)C(CO)O1. The van der Waals surface area contributed by atoms with E-state index in [-0.39, 0.29) is 50.0 Å². The van der Waals surface area contributed by atoms with Crippen molar-refractivity contribution in [2.75, 3.05) is 51.2 Å². The fraction of sp³-hybridized carbons (Fsp3) is 0.704. The lowest BCUT2D eigenvalue weighted by Gasteiger charge is -2.14. The summed E-state index contributed by atoms with van der Waals surface area (Å²) < 4.78 is 18.5. The number of nitrogens with one attached hydrogen (secondary N) is 2. The monoisotopic (exact) mass is 598 g/mol. The van der Waals surface area contributed by atoms with Gasteiger partial charge in [-0.1, -0.05) is 12.8 Å². The van der Waals surface area contributed by atoms with Gasteiger partial charge in [0, 0.05) is 56.6 Å². The van der Waals surface area contributed by atoms with E-state index in [0.717, 1.165) is 25.7 Å². The summed E-state index contributed by atoms with van der Waals surface area (Å²) in [6.45, 7) is 2.41. The molecule has 13 nitrogen and oxygen atoms in total. The van der Waals surface area contributed by atoms with Crippen LogP contribution in [0.3, 0.4) is 0 Å². The molecular weight excluding hydrogens is 556 g/mol. The van der Waals surface area contributed by atoms with Crippen molar-refractivity contribution >= 4 is 40.3 Å². The Labute approximate surface area is 245 Å². The maximum absolute atomic E-state index is 12.4. The fourth-order valence-corrected chi connectivity index (χ4v) is 4.80. The minimum absolute atomic E-state index is 0.137. The first-order valence-corrected chi connectivity index (χ1v) is 14.8. The van der Waals surface area contributed by atoms with Crippen molar-refractivity contribution in [2.24, 2.45) is 0 Å². The normalized spacial score (nSPS) is 18.7. The lowest BCUT2D eigenvalue weighted by molar-refractivity contribution is -0.122. The predicted octanol–water partition coefficient (Wildman–Crippen LogP) is 1.39. The highest BCUT2D eigenvalue weighted by Gasteiger charge is 2.35. The van der Waals surface area contributed by atoms with E-state index in [9.17, 15) is 19.8 Å². The Bertz CT molecular complexity index is 1090. The molecule has 3 atom stereocenters. The number of amides is 2. The summed E-state index contributed by atoms with van der Waals surface area (Å²) in [4.78, 5) is 32.9. The van der Waals surface area contributed by atoms with Gasteiger partial charge in [-0.15, -0.1) is 11.6 Å². The van der Waals surface area contributed by atoms with Gasteiger partial charge in [-0.2, -0.15) is 0 Å². The number of nitrogens with zero attached hydrogens (tertiary/aromatic N) is 3. The molecule has 0 aliphatic carbocycles. The molecule has 1 aliphatic heterocycles. The molecule has 230 valence electrons. The van der Waals surface area contributed by atoms with Gasteiger partial charge in [0.05, 0.1) is 37.9 Å². The van der Waals surface area contributed by atoms with Gasteiger partial charge in [0.25, 0.3) is 0 Å². The largest absolute Gasteiger partial charge is 0.394 e. The molecule has 6 N–H and O–H groups in total. The van der Waals surface area contributed by atoms with Crippen LogP contribution in [0.4, 0.5) is 5.82 Å². The molecule has 1 saturated heterocycles. The van der Waals surface area contributed by atoms with Crippen molar-refractivity contribution in [2.45, 2.75) is 76.3 Å². The summed E-state index contributed by atoms with van der Waals surface area (Å²) >= 11 is 5.65. The van der Waals surface area contributed by atoms with Crippen LogP contribution in [0, 0.1) is 0 Å². The van der Waals surface area contributed by atoms with Crippen molar-refractivity contribution < 1.29 is 34.0 Å². The van der Waals surface area contributed by atoms with E-state index in [1.54, 1.807) is 10.8 Å². The van der Waals surface area contributed by atoms with Crippen LogP contribution in [0.5, 0.6) is 0 Å². The summed E-state index contributed by atoms with van der Waals surface area (Å²) in [6.07, 6.45) is 6.48. The standard InChI is InChI=1S/C27H43ClN6O7/c28-8-3-1-2-4-10-39-12-13-40-11-9-30-22(37)6-5-7-23(38)31-15-19-16-34(24-14-20(36)21(17-35)41-24)27-25(19)26(29)32-18-33-27/h16,18,20-21,24,35-36H,1-15,17H2,(H,30,37)(H,31,38)(H2,29,32,33)/t20?,21?,24-/m1/s1. The Kier molecular flexibility index (Phi) is 14.5. The number of halogens is 1. The van der Waals surface area contributed by atoms with Crippen LogP contribution in [0.2, 0.25) is 0 Å². The number of rotatable bonds is 20. The number of carbonyl (C=O) groups is 2. The van der Waals surface area contributed by atoms with E-state index in [4.69, 9.17) is 31.5 Å². The molecule has 2 unspecified atom stereocenters.